The molecule has 2 aliphatic carbocycles. The largest absolute Gasteiger partial charge is 0.513 e. The quantitative estimate of drug-likeness (QED) is 0.112. The van der Waals surface area contributed by atoms with Crippen LogP contribution in [0.25, 0.3) is 0 Å². The molecule has 0 bridgehead atoms. The van der Waals surface area contributed by atoms with Crippen LogP contribution >= 0.6 is 12.6 Å². The minimum Gasteiger partial charge on any atom is -0.513 e. The molecule has 4 atom stereocenters. The van der Waals surface area contributed by atoms with Crippen molar-refractivity contribution in [2.45, 2.75) is 38.5 Å². The van der Waals surface area contributed by atoms with Crippen molar-refractivity contribution in [3.05, 3.63) is 70.0 Å². The van der Waals surface area contributed by atoms with Crippen LogP contribution in [0.2, 0.25) is 0 Å². The van der Waals surface area contributed by atoms with E-state index in [9.17, 15) is 20.1 Å². The number of Topliss-reactive ketones (excluding diaryl/α,β-unsaturated/α-hetero) is 1. The average Bonchev–Trinajstić information content (AvgIpc) is 2.78. The number of aliphatic hydroxyl groups excluding tert-OH is 3. The Hall–Kier alpha value is -2.72. The molecule has 6 N–H and O–H groups in total. The second-order valence-electron chi connectivity index (χ2n) is 7.99. The summed E-state index contributed by atoms with van der Waals surface area (Å²) in [6, 6.07) is -1.24. The van der Waals surface area contributed by atoms with Gasteiger partial charge in [0.25, 0.3) is 0 Å². The zero-order valence-electron chi connectivity index (χ0n) is 18.9. The third-order valence-electron chi connectivity index (χ3n) is 5.35. The van der Waals surface area contributed by atoms with Gasteiger partial charge in [0.2, 0.25) is 0 Å². The van der Waals surface area contributed by atoms with Crippen molar-refractivity contribution in [1.29, 1.82) is 10.8 Å². The van der Waals surface area contributed by atoms with Crippen molar-refractivity contribution in [3.63, 3.8) is 0 Å². The van der Waals surface area contributed by atoms with Crippen LogP contribution in [0, 0.1) is 16.7 Å². The molecule has 33 heavy (non-hydrogen) atoms. The molecule has 0 spiro atoms. The Bertz CT molecular complexity index is 986. The number of nitrogens with one attached hydrogen (secondary N) is 3. The predicted molar refractivity (Wildman–Crippen MR) is 132 cm³/mol. The fourth-order valence-electron chi connectivity index (χ4n) is 3.50. The van der Waals surface area contributed by atoms with Gasteiger partial charge in [-0.15, -0.1) is 0 Å². The normalized spacial score (nSPS) is 24.4. The van der Waals surface area contributed by atoms with Gasteiger partial charge in [-0.05, 0) is 41.7 Å². The minimum absolute atomic E-state index is 0.0323. The first-order valence-corrected chi connectivity index (χ1v) is 11.0. The summed E-state index contributed by atoms with van der Waals surface area (Å²) in [6.45, 7) is 3.01. The Morgan fingerprint density at radius 2 is 2.09 bits per heavy atom. The molecule has 0 fully saturated rings. The monoisotopic (exact) mass is 473 g/mol. The number of rotatable bonds is 10. The van der Waals surface area contributed by atoms with Gasteiger partial charge in [0, 0.05) is 25.1 Å². The molecule has 0 amide bonds. The fraction of sp³-hybridized carbons (Fsp3) is 0.375. The predicted octanol–water partition coefficient (Wildman–Crippen LogP) is 2.54. The molecule has 0 saturated carbocycles. The molecular weight excluding hydrogens is 442 g/mol. The Labute approximate surface area is 199 Å². The number of methoxy groups -OCH3 is 1. The lowest BCUT2D eigenvalue weighted by Crippen LogP contribution is -2.44. The maximum Gasteiger partial charge on any atom is 0.193 e. The summed E-state index contributed by atoms with van der Waals surface area (Å²) in [5.74, 6) is -0.968. The van der Waals surface area contributed by atoms with E-state index in [0.717, 1.165) is 6.08 Å². The molecule has 2 rings (SSSR count). The Morgan fingerprint density at radius 1 is 1.39 bits per heavy atom. The van der Waals surface area contributed by atoms with Crippen LogP contribution in [0.15, 0.2) is 70.0 Å². The Balaban J connectivity index is 2.40. The molecule has 2 aliphatic rings. The summed E-state index contributed by atoms with van der Waals surface area (Å²) in [4.78, 5) is 13.5. The first-order chi connectivity index (χ1) is 15.6. The van der Waals surface area contributed by atoms with Gasteiger partial charge in [0.1, 0.15) is 6.04 Å². The second-order valence-corrected chi connectivity index (χ2v) is 8.25. The number of ether oxygens (including phenoxy) is 1. The van der Waals surface area contributed by atoms with E-state index in [1.807, 2.05) is 0 Å². The number of aliphatic hydroxyl groups is 3. The molecule has 178 valence electrons. The van der Waals surface area contributed by atoms with E-state index in [4.69, 9.17) is 15.6 Å². The molecule has 0 saturated heterocycles. The Kier molecular flexibility index (Phi) is 9.60. The van der Waals surface area contributed by atoms with Crippen molar-refractivity contribution >= 4 is 29.8 Å². The number of hydrogen-bond donors (Lipinski definition) is 7. The zero-order valence-corrected chi connectivity index (χ0v) is 19.8. The van der Waals surface area contributed by atoms with Crippen LogP contribution in [0.1, 0.15) is 20.3 Å². The van der Waals surface area contributed by atoms with Gasteiger partial charge in [-0.3, -0.25) is 10.2 Å². The van der Waals surface area contributed by atoms with Gasteiger partial charge >= 0.3 is 0 Å². The summed E-state index contributed by atoms with van der Waals surface area (Å²) in [6.07, 6.45) is 8.93. The van der Waals surface area contributed by atoms with Gasteiger partial charge in [-0.2, -0.15) is 12.6 Å². The van der Waals surface area contributed by atoms with E-state index >= 15 is 0 Å². The summed E-state index contributed by atoms with van der Waals surface area (Å²) in [5.41, 5.74) is 1.30. The molecule has 0 aromatic heterocycles. The number of carbonyl (C=O) groups excluding carboxylic acids is 1. The number of hydrogen-bond acceptors (Lipinski definition) is 9. The summed E-state index contributed by atoms with van der Waals surface area (Å²) in [5, 5.41) is 50.3. The van der Waals surface area contributed by atoms with Crippen LogP contribution < -0.4 is 5.32 Å². The topological polar surface area (TPSA) is 147 Å². The highest BCUT2D eigenvalue weighted by molar-refractivity contribution is 7.83. The van der Waals surface area contributed by atoms with E-state index in [1.165, 1.54) is 19.4 Å². The van der Waals surface area contributed by atoms with E-state index in [2.05, 4.69) is 17.9 Å². The van der Waals surface area contributed by atoms with Crippen LogP contribution in [-0.4, -0.2) is 64.5 Å². The van der Waals surface area contributed by atoms with E-state index < -0.39 is 17.9 Å². The van der Waals surface area contributed by atoms with Crippen LogP contribution in [0.3, 0.4) is 0 Å². The van der Waals surface area contributed by atoms with Crippen molar-refractivity contribution in [1.82, 2.24) is 5.32 Å². The highest BCUT2D eigenvalue weighted by atomic mass is 32.1. The number of carbonyl (C=O) groups is 1. The molecular formula is C24H31N3O5S. The van der Waals surface area contributed by atoms with Crippen LogP contribution in [-0.2, 0) is 9.53 Å². The molecule has 9 heteroatoms. The van der Waals surface area contributed by atoms with Gasteiger partial charge < -0.3 is 30.8 Å². The standard InChI is InChI=1S/C24H31N3O5S/c1-13-6-16(4-5-21(13)30)22(26)19(12-33)24(31)23(20(25)7-14(2)29)27-17-8-15(11-28)9-18(10-17)32-3/h4-8,10,12-13,18,21,23,25-30,33H,9,11H2,1-3H3/b14-7-,19-12+,25-20?,26-22?. The van der Waals surface area contributed by atoms with Gasteiger partial charge in [0.15, 0.2) is 5.78 Å². The summed E-state index contributed by atoms with van der Waals surface area (Å²) in [7, 11) is 1.54. The molecule has 4 unspecified atom stereocenters. The SMILES string of the molecule is COC1C=C(NC(C(=N)/C=C(/C)O)C(=O)/C(=C/S)C(=N)C2=CC(C)C(O)C=C2)C=C(CO)C1. The van der Waals surface area contributed by atoms with E-state index in [1.54, 1.807) is 37.3 Å². The first-order valence-electron chi connectivity index (χ1n) is 10.4. The maximum atomic E-state index is 13.5. The second kappa shape index (κ2) is 11.9. The summed E-state index contributed by atoms with van der Waals surface area (Å²) < 4.78 is 5.37. The molecule has 0 aliphatic heterocycles. The molecule has 8 nitrogen and oxygen atoms in total. The van der Waals surface area contributed by atoms with Crippen molar-refractivity contribution in [2.24, 2.45) is 5.92 Å². The molecule has 0 aromatic carbocycles. The van der Waals surface area contributed by atoms with Crippen molar-refractivity contribution < 1.29 is 24.9 Å². The van der Waals surface area contributed by atoms with Crippen molar-refractivity contribution in [3.8, 4) is 0 Å². The van der Waals surface area contributed by atoms with Crippen LogP contribution in [0.5, 0.6) is 0 Å². The zero-order chi connectivity index (χ0) is 24.7. The van der Waals surface area contributed by atoms with Crippen LogP contribution in [0.4, 0.5) is 0 Å². The Morgan fingerprint density at radius 3 is 2.64 bits per heavy atom. The lowest BCUT2D eigenvalue weighted by atomic mass is 9.88. The third-order valence-corrected chi connectivity index (χ3v) is 5.61. The average molecular weight is 474 g/mol. The van der Waals surface area contributed by atoms with E-state index in [0.29, 0.717) is 23.3 Å². The first kappa shape index (κ1) is 26.5. The van der Waals surface area contributed by atoms with Gasteiger partial charge in [-0.1, -0.05) is 25.2 Å². The highest BCUT2D eigenvalue weighted by Crippen LogP contribution is 2.23. The smallest absolute Gasteiger partial charge is 0.193 e. The van der Waals surface area contributed by atoms with Crippen molar-refractivity contribution in [2.75, 3.05) is 13.7 Å². The maximum absolute atomic E-state index is 13.5. The summed E-state index contributed by atoms with van der Waals surface area (Å²) >= 11 is 4.14. The lowest BCUT2D eigenvalue weighted by Gasteiger charge is -2.26. The van der Waals surface area contributed by atoms with Gasteiger partial charge in [-0.25, -0.2) is 0 Å². The fourth-order valence-corrected chi connectivity index (χ4v) is 3.76. The number of thiol groups is 1. The number of allylic oxidation sites excluding steroid dienone is 4. The van der Waals surface area contributed by atoms with Gasteiger partial charge in [0.05, 0.1) is 41.6 Å². The minimum atomic E-state index is -1.24. The highest BCUT2D eigenvalue weighted by Gasteiger charge is 2.30. The molecule has 0 aromatic rings. The molecule has 0 radical (unpaired) electrons. The number of ketones is 1. The molecule has 0 heterocycles. The lowest BCUT2D eigenvalue weighted by molar-refractivity contribution is -0.115. The third kappa shape index (κ3) is 6.88. The van der Waals surface area contributed by atoms with E-state index in [-0.39, 0.29) is 41.4 Å².